The maximum absolute atomic E-state index is 10.7. The molecule has 0 aliphatic heterocycles. The molecule has 0 heterocycles. The van der Waals surface area contributed by atoms with E-state index in [0.29, 0.717) is 5.56 Å². The molecule has 1 rings (SSSR count). The minimum absolute atomic E-state index is 0.103. The monoisotopic (exact) mass is 231 g/mol. The van der Waals surface area contributed by atoms with Gasteiger partial charge in [-0.2, -0.15) is 8.42 Å². The quantitative estimate of drug-likeness (QED) is 0.582. The maximum Gasteiger partial charge on any atom is 0.296 e. The van der Waals surface area contributed by atoms with Crippen molar-refractivity contribution in [1.29, 1.82) is 0 Å². The van der Waals surface area contributed by atoms with Crippen LogP contribution in [0, 0.1) is 17.0 Å². The number of nitrogens with two attached hydrogens (primary N) is 1. The van der Waals surface area contributed by atoms with Crippen LogP contribution in [0.4, 0.5) is 11.4 Å². The van der Waals surface area contributed by atoms with Crippen LogP contribution in [0.15, 0.2) is 18.2 Å². The van der Waals surface area contributed by atoms with Crippen molar-refractivity contribution >= 4 is 21.6 Å². The van der Waals surface area contributed by atoms with Crippen LogP contribution in [-0.2, 0) is 10.2 Å². The van der Waals surface area contributed by atoms with Crippen molar-refractivity contribution in [2.24, 2.45) is 5.14 Å². The van der Waals surface area contributed by atoms with Gasteiger partial charge in [0, 0.05) is 12.1 Å². The zero-order valence-electron chi connectivity index (χ0n) is 7.80. The molecule has 1 aromatic rings. The molecule has 0 saturated carbocycles. The normalized spacial score (nSPS) is 11.1. The first kappa shape index (κ1) is 11.4. The van der Waals surface area contributed by atoms with E-state index in [0.717, 1.165) is 6.07 Å². The number of rotatable bonds is 3. The summed E-state index contributed by atoms with van der Waals surface area (Å²) >= 11 is 0. The summed E-state index contributed by atoms with van der Waals surface area (Å²) in [4.78, 5) is 9.81. The Bertz CT molecular complexity index is 497. The first-order valence-corrected chi connectivity index (χ1v) is 5.40. The Morgan fingerprint density at radius 1 is 1.47 bits per heavy atom. The second kappa shape index (κ2) is 3.83. The van der Waals surface area contributed by atoms with Crippen molar-refractivity contribution in [3.8, 4) is 0 Å². The van der Waals surface area contributed by atoms with Crippen molar-refractivity contribution in [3.05, 3.63) is 33.9 Å². The lowest BCUT2D eigenvalue weighted by atomic mass is 10.2. The standard InChI is InChI=1S/C7H9N3O4S/c1-5-2-3-6(10(11)12)4-7(5)9-15(8,13)14/h2-4,9H,1H3,(H2,8,13,14). The number of nitro groups is 1. The van der Waals surface area contributed by atoms with Gasteiger partial charge in [-0.15, -0.1) is 0 Å². The molecule has 8 heteroatoms. The zero-order chi connectivity index (χ0) is 11.6. The lowest BCUT2D eigenvalue weighted by Gasteiger charge is -2.06. The van der Waals surface area contributed by atoms with Crippen molar-refractivity contribution in [2.45, 2.75) is 6.92 Å². The summed E-state index contributed by atoms with van der Waals surface area (Å²) in [6.07, 6.45) is 0. The molecule has 15 heavy (non-hydrogen) atoms. The van der Waals surface area contributed by atoms with E-state index in [1.165, 1.54) is 12.1 Å². The predicted octanol–water partition coefficient (Wildman–Crippen LogP) is 0.519. The number of nitro benzene ring substituents is 1. The summed E-state index contributed by atoms with van der Waals surface area (Å²) < 4.78 is 23.5. The van der Waals surface area contributed by atoms with Crippen LogP contribution >= 0.6 is 0 Å². The molecule has 0 unspecified atom stereocenters. The minimum Gasteiger partial charge on any atom is -0.271 e. The number of hydrogen-bond acceptors (Lipinski definition) is 4. The summed E-state index contributed by atoms with van der Waals surface area (Å²) in [5, 5.41) is 15.2. The second-order valence-corrected chi connectivity index (χ2v) is 4.20. The molecule has 7 nitrogen and oxygen atoms in total. The van der Waals surface area contributed by atoms with Crippen LogP contribution in [0.2, 0.25) is 0 Å². The Morgan fingerprint density at radius 3 is 2.53 bits per heavy atom. The first-order chi connectivity index (χ1) is 6.79. The topological polar surface area (TPSA) is 115 Å². The summed E-state index contributed by atoms with van der Waals surface area (Å²) in [5.41, 5.74) is 0.452. The number of aryl methyl sites for hydroxylation is 1. The molecule has 0 aliphatic rings. The van der Waals surface area contributed by atoms with Gasteiger partial charge in [0.15, 0.2) is 0 Å². The molecule has 0 atom stereocenters. The summed E-state index contributed by atoms with van der Waals surface area (Å²) in [5.74, 6) is 0. The molecule has 0 saturated heterocycles. The fourth-order valence-corrected chi connectivity index (χ4v) is 1.51. The molecule has 3 N–H and O–H groups in total. The van der Waals surface area contributed by atoms with Gasteiger partial charge in [-0.05, 0) is 12.5 Å². The Kier molecular flexibility index (Phi) is 2.91. The van der Waals surface area contributed by atoms with Gasteiger partial charge in [0.2, 0.25) is 0 Å². The van der Waals surface area contributed by atoms with E-state index in [9.17, 15) is 18.5 Å². The summed E-state index contributed by atoms with van der Waals surface area (Å²) in [6, 6.07) is 3.83. The third kappa shape index (κ3) is 3.18. The number of nitrogens with one attached hydrogen (secondary N) is 1. The molecule has 0 spiro atoms. The van der Waals surface area contributed by atoms with E-state index in [4.69, 9.17) is 5.14 Å². The largest absolute Gasteiger partial charge is 0.296 e. The lowest BCUT2D eigenvalue weighted by Crippen LogP contribution is -2.22. The number of anilines is 1. The SMILES string of the molecule is Cc1ccc([N+](=O)[O-])cc1NS(N)(=O)=O. The Balaban J connectivity index is 3.17. The molecule has 0 aliphatic carbocycles. The van der Waals surface area contributed by atoms with Crippen LogP contribution in [-0.4, -0.2) is 13.3 Å². The lowest BCUT2D eigenvalue weighted by molar-refractivity contribution is -0.384. The molecule has 0 radical (unpaired) electrons. The molecular weight excluding hydrogens is 222 g/mol. The van der Waals surface area contributed by atoms with Gasteiger partial charge in [-0.3, -0.25) is 14.8 Å². The number of nitrogens with zero attached hydrogens (tertiary/aromatic N) is 1. The van der Waals surface area contributed by atoms with E-state index in [2.05, 4.69) is 0 Å². The third-order valence-electron chi connectivity index (χ3n) is 1.68. The van der Waals surface area contributed by atoms with Gasteiger partial charge in [-0.25, -0.2) is 5.14 Å². The van der Waals surface area contributed by atoms with Crippen LogP contribution in [0.3, 0.4) is 0 Å². The third-order valence-corrected chi connectivity index (χ3v) is 2.19. The summed E-state index contributed by atoms with van der Waals surface area (Å²) in [7, 11) is -3.91. The molecule has 0 aromatic heterocycles. The first-order valence-electron chi connectivity index (χ1n) is 3.85. The van der Waals surface area contributed by atoms with Gasteiger partial charge in [0.1, 0.15) is 0 Å². The fourth-order valence-electron chi connectivity index (χ4n) is 0.987. The average Bonchev–Trinajstić information content (AvgIpc) is 2.06. The van der Waals surface area contributed by atoms with Crippen LogP contribution in [0.25, 0.3) is 0 Å². The highest BCUT2D eigenvalue weighted by molar-refractivity contribution is 7.90. The molecule has 0 amide bonds. The number of benzene rings is 1. The predicted molar refractivity (Wildman–Crippen MR) is 54.6 cm³/mol. The Hall–Kier alpha value is -1.67. The Labute approximate surface area is 86.2 Å². The number of hydrogen-bond donors (Lipinski definition) is 2. The van der Waals surface area contributed by atoms with E-state index in [1.807, 2.05) is 4.72 Å². The van der Waals surface area contributed by atoms with Crippen molar-refractivity contribution < 1.29 is 13.3 Å². The molecule has 0 fully saturated rings. The van der Waals surface area contributed by atoms with Crippen molar-refractivity contribution in [1.82, 2.24) is 0 Å². The van der Waals surface area contributed by atoms with Gasteiger partial charge >= 0.3 is 0 Å². The number of non-ortho nitro benzene ring substituents is 1. The van der Waals surface area contributed by atoms with Gasteiger partial charge in [0.25, 0.3) is 15.9 Å². The second-order valence-electron chi connectivity index (χ2n) is 2.90. The smallest absolute Gasteiger partial charge is 0.271 e. The van der Waals surface area contributed by atoms with Crippen molar-refractivity contribution in [3.63, 3.8) is 0 Å². The molecular formula is C7H9N3O4S. The molecule has 82 valence electrons. The maximum atomic E-state index is 10.7. The highest BCUT2D eigenvalue weighted by Gasteiger charge is 2.11. The zero-order valence-corrected chi connectivity index (χ0v) is 8.61. The fraction of sp³-hybridized carbons (Fsp3) is 0.143. The highest BCUT2D eigenvalue weighted by atomic mass is 32.2. The van der Waals surface area contributed by atoms with Gasteiger partial charge in [-0.1, -0.05) is 6.07 Å². The van der Waals surface area contributed by atoms with Crippen LogP contribution in [0.1, 0.15) is 5.56 Å². The minimum atomic E-state index is -3.91. The van der Waals surface area contributed by atoms with Gasteiger partial charge < -0.3 is 0 Å². The highest BCUT2D eigenvalue weighted by Crippen LogP contribution is 2.22. The summed E-state index contributed by atoms with van der Waals surface area (Å²) in [6.45, 7) is 1.61. The van der Waals surface area contributed by atoms with E-state index in [-0.39, 0.29) is 11.4 Å². The molecule has 0 bridgehead atoms. The van der Waals surface area contributed by atoms with E-state index >= 15 is 0 Å². The molecule has 1 aromatic carbocycles. The van der Waals surface area contributed by atoms with Crippen LogP contribution < -0.4 is 9.86 Å². The van der Waals surface area contributed by atoms with Crippen molar-refractivity contribution in [2.75, 3.05) is 4.72 Å². The van der Waals surface area contributed by atoms with E-state index < -0.39 is 15.1 Å². The van der Waals surface area contributed by atoms with E-state index in [1.54, 1.807) is 6.92 Å². The van der Waals surface area contributed by atoms with Crippen LogP contribution in [0.5, 0.6) is 0 Å². The Morgan fingerprint density at radius 2 is 2.07 bits per heavy atom. The van der Waals surface area contributed by atoms with Gasteiger partial charge in [0.05, 0.1) is 10.6 Å². The average molecular weight is 231 g/mol.